The van der Waals surface area contributed by atoms with Gasteiger partial charge in [-0.3, -0.25) is 14.7 Å². The van der Waals surface area contributed by atoms with Crippen LogP contribution < -0.4 is 4.74 Å². The molecule has 1 saturated heterocycles. The standard InChI is InChI=1S/C27H32N4O3/c1-29-22-12-20(34-2)6-7-21(22)24-25(29)23(14-32)30(13-18-8-10-28-11-9-18)15-27(24)16-31(17-27)26(33)19-4-3-5-19/h6-12,19,23,32H,3-5,13-17H2,1-2H3/t23-/m1/s1. The second kappa shape index (κ2) is 8.10. The first-order chi connectivity index (χ1) is 16.5. The normalized spacial score (nSPS) is 21.9. The zero-order valence-corrected chi connectivity index (χ0v) is 19.9. The molecule has 1 atom stereocenters. The molecule has 6 rings (SSSR count). The molecule has 0 radical (unpaired) electrons. The lowest BCUT2D eigenvalue weighted by Gasteiger charge is -2.57. The summed E-state index contributed by atoms with van der Waals surface area (Å²) >= 11 is 0. The first kappa shape index (κ1) is 21.6. The number of aromatic nitrogens is 2. The molecule has 1 aliphatic carbocycles. The number of amides is 1. The van der Waals surface area contributed by atoms with E-state index in [0.29, 0.717) is 5.91 Å². The Kier molecular flexibility index (Phi) is 5.15. The smallest absolute Gasteiger partial charge is 0.225 e. The number of benzene rings is 1. The van der Waals surface area contributed by atoms with Gasteiger partial charge in [-0.2, -0.15) is 0 Å². The van der Waals surface area contributed by atoms with Crippen LogP contribution in [-0.2, 0) is 23.8 Å². The summed E-state index contributed by atoms with van der Waals surface area (Å²) in [5.41, 5.74) is 4.60. The lowest BCUT2D eigenvalue weighted by molar-refractivity contribution is -0.148. The van der Waals surface area contributed by atoms with Crippen LogP contribution in [0, 0.1) is 5.92 Å². The number of hydrogen-bond donors (Lipinski definition) is 1. The Morgan fingerprint density at radius 3 is 2.59 bits per heavy atom. The largest absolute Gasteiger partial charge is 0.497 e. The second-order valence-corrected chi connectivity index (χ2v) is 10.3. The van der Waals surface area contributed by atoms with E-state index in [1.807, 2.05) is 30.6 Å². The van der Waals surface area contributed by atoms with E-state index in [2.05, 4.69) is 38.5 Å². The molecule has 1 aromatic carbocycles. The van der Waals surface area contributed by atoms with Crippen LogP contribution in [0.4, 0.5) is 0 Å². The van der Waals surface area contributed by atoms with E-state index in [0.717, 1.165) is 56.0 Å². The van der Waals surface area contributed by atoms with E-state index in [9.17, 15) is 9.90 Å². The average Bonchev–Trinajstić information content (AvgIpc) is 3.09. The van der Waals surface area contributed by atoms with Crippen LogP contribution in [-0.4, -0.2) is 63.7 Å². The molecular formula is C27H32N4O3. The quantitative estimate of drug-likeness (QED) is 0.634. The van der Waals surface area contributed by atoms with Gasteiger partial charge in [0.2, 0.25) is 5.91 Å². The predicted octanol–water partition coefficient (Wildman–Crippen LogP) is 3.01. The molecule has 7 heteroatoms. The molecule has 1 amide bonds. The molecule has 3 aromatic rings. The van der Waals surface area contributed by atoms with Gasteiger partial charge >= 0.3 is 0 Å². The minimum atomic E-state index is -0.137. The highest BCUT2D eigenvalue weighted by Gasteiger charge is 2.55. The van der Waals surface area contributed by atoms with Crippen molar-refractivity contribution in [2.75, 3.05) is 33.4 Å². The Morgan fingerprint density at radius 2 is 1.94 bits per heavy atom. The molecule has 1 saturated carbocycles. The summed E-state index contributed by atoms with van der Waals surface area (Å²) in [4.78, 5) is 21.7. The molecule has 3 aliphatic rings. The Labute approximate surface area is 199 Å². The van der Waals surface area contributed by atoms with Crippen LogP contribution in [0.15, 0.2) is 42.7 Å². The first-order valence-corrected chi connectivity index (χ1v) is 12.2. The van der Waals surface area contributed by atoms with E-state index in [4.69, 9.17) is 4.74 Å². The van der Waals surface area contributed by atoms with Gasteiger partial charge in [-0.05, 0) is 48.2 Å². The van der Waals surface area contributed by atoms with E-state index in [1.54, 1.807) is 7.11 Å². The van der Waals surface area contributed by atoms with Gasteiger partial charge in [0.05, 0.1) is 25.3 Å². The summed E-state index contributed by atoms with van der Waals surface area (Å²) in [6.45, 7) is 3.07. The third kappa shape index (κ3) is 3.17. The van der Waals surface area contributed by atoms with Crippen LogP contribution in [0.2, 0.25) is 0 Å². The van der Waals surface area contributed by atoms with E-state index in [-0.39, 0.29) is 24.0 Å². The summed E-state index contributed by atoms with van der Waals surface area (Å²) in [5.74, 6) is 1.37. The monoisotopic (exact) mass is 460 g/mol. The molecule has 0 unspecified atom stereocenters. The number of aliphatic hydroxyl groups is 1. The van der Waals surface area contributed by atoms with Crippen molar-refractivity contribution in [2.45, 2.75) is 37.3 Å². The summed E-state index contributed by atoms with van der Waals surface area (Å²) in [6.07, 6.45) is 6.87. The summed E-state index contributed by atoms with van der Waals surface area (Å²) < 4.78 is 7.74. The van der Waals surface area contributed by atoms with E-state index >= 15 is 0 Å². The number of pyridine rings is 1. The number of carbonyl (C=O) groups excluding carboxylic acids is 1. The maximum Gasteiger partial charge on any atom is 0.225 e. The number of fused-ring (bicyclic) bond motifs is 4. The number of aryl methyl sites for hydroxylation is 1. The van der Waals surface area contributed by atoms with Gasteiger partial charge in [0.15, 0.2) is 0 Å². The van der Waals surface area contributed by atoms with Crippen molar-refractivity contribution in [2.24, 2.45) is 13.0 Å². The Hall–Kier alpha value is -2.90. The van der Waals surface area contributed by atoms with Crippen molar-refractivity contribution in [3.8, 4) is 5.75 Å². The SMILES string of the molecule is COc1ccc2c3c(n(C)c2c1)[C@@H](CO)N(Cc1ccncc1)CC31CN(C(=O)C2CCC2)C1. The Morgan fingerprint density at radius 1 is 1.18 bits per heavy atom. The third-order valence-corrected chi connectivity index (χ3v) is 8.31. The number of carbonyl (C=O) groups is 1. The van der Waals surface area contributed by atoms with Crippen LogP contribution in [0.1, 0.15) is 42.1 Å². The number of nitrogens with zero attached hydrogens (tertiary/aromatic N) is 4. The van der Waals surface area contributed by atoms with Gasteiger partial charge in [0, 0.05) is 74.1 Å². The lowest BCUT2D eigenvalue weighted by Crippen LogP contribution is -2.68. The maximum absolute atomic E-state index is 13.0. The van der Waals surface area contributed by atoms with Gasteiger partial charge in [-0.15, -0.1) is 0 Å². The number of rotatable bonds is 5. The van der Waals surface area contributed by atoms with Crippen LogP contribution >= 0.6 is 0 Å². The van der Waals surface area contributed by atoms with Crippen molar-refractivity contribution < 1.29 is 14.6 Å². The predicted molar refractivity (Wildman–Crippen MR) is 130 cm³/mol. The lowest BCUT2D eigenvalue weighted by atomic mass is 9.68. The number of likely N-dealkylation sites (tertiary alicyclic amines) is 1. The second-order valence-electron chi connectivity index (χ2n) is 10.3. The summed E-state index contributed by atoms with van der Waals surface area (Å²) in [7, 11) is 3.78. The van der Waals surface area contributed by atoms with E-state index in [1.165, 1.54) is 22.9 Å². The fraction of sp³-hybridized carbons (Fsp3) is 0.481. The maximum atomic E-state index is 13.0. The van der Waals surface area contributed by atoms with Gasteiger partial charge in [-0.25, -0.2) is 0 Å². The fourth-order valence-electron chi connectivity index (χ4n) is 6.36. The highest BCUT2D eigenvalue weighted by atomic mass is 16.5. The number of ether oxygens (including phenoxy) is 1. The Bertz CT molecular complexity index is 1230. The van der Waals surface area contributed by atoms with Crippen LogP contribution in [0.25, 0.3) is 10.9 Å². The molecule has 2 aromatic heterocycles. The molecule has 1 spiro atoms. The van der Waals surface area contributed by atoms with Gasteiger partial charge in [-0.1, -0.05) is 6.42 Å². The molecule has 4 heterocycles. The minimum absolute atomic E-state index is 0.0418. The van der Waals surface area contributed by atoms with Crippen LogP contribution in [0.3, 0.4) is 0 Å². The molecule has 0 bridgehead atoms. The van der Waals surface area contributed by atoms with E-state index < -0.39 is 0 Å². The fourth-order valence-corrected chi connectivity index (χ4v) is 6.36. The average molecular weight is 461 g/mol. The van der Waals surface area contributed by atoms with Gasteiger partial charge in [0.1, 0.15) is 5.75 Å². The number of aliphatic hydroxyl groups excluding tert-OH is 1. The first-order valence-electron chi connectivity index (χ1n) is 12.2. The van der Waals surface area contributed by atoms with Crippen molar-refractivity contribution in [3.05, 3.63) is 59.5 Å². The molecule has 2 fully saturated rings. The molecular weight excluding hydrogens is 428 g/mol. The number of hydrogen-bond acceptors (Lipinski definition) is 5. The third-order valence-electron chi connectivity index (χ3n) is 8.31. The Balaban J connectivity index is 1.45. The zero-order valence-electron chi connectivity index (χ0n) is 19.9. The molecule has 7 nitrogen and oxygen atoms in total. The van der Waals surface area contributed by atoms with Crippen molar-refractivity contribution in [3.63, 3.8) is 0 Å². The van der Waals surface area contributed by atoms with Gasteiger partial charge in [0.25, 0.3) is 0 Å². The van der Waals surface area contributed by atoms with Gasteiger partial charge < -0.3 is 19.3 Å². The zero-order chi connectivity index (χ0) is 23.4. The van der Waals surface area contributed by atoms with Crippen molar-refractivity contribution >= 4 is 16.8 Å². The molecule has 34 heavy (non-hydrogen) atoms. The molecule has 178 valence electrons. The molecule has 1 N–H and O–H groups in total. The summed E-state index contributed by atoms with van der Waals surface area (Å²) in [5, 5.41) is 11.8. The number of methoxy groups -OCH3 is 1. The van der Waals surface area contributed by atoms with Crippen LogP contribution in [0.5, 0.6) is 5.75 Å². The van der Waals surface area contributed by atoms with Crippen molar-refractivity contribution in [1.29, 1.82) is 0 Å². The summed E-state index contributed by atoms with van der Waals surface area (Å²) in [6, 6.07) is 10.2. The van der Waals surface area contributed by atoms with Crippen molar-refractivity contribution in [1.82, 2.24) is 19.4 Å². The topological polar surface area (TPSA) is 70.8 Å². The molecule has 2 aliphatic heterocycles. The highest BCUT2D eigenvalue weighted by molar-refractivity contribution is 5.90. The highest BCUT2D eigenvalue weighted by Crippen LogP contribution is 2.50. The minimum Gasteiger partial charge on any atom is -0.497 e.